The molecule has 114 valence electrons. The summed E-state index contributed by atoms with van der Waals surface area (Å²) in [6.07, 6.45) is 4.90. The van der Waals surface area contributed by atoms with Gasteiger partial charge in [0.2, 0.25) is 0 Å². The van der Waals surface area contributed by atoms with Gasteiger partial charge in [0, 0.05) is 0 Å². The number of unbranched alkanes of at least 4 members (excludes halogenated alkanes) is 3. The van der Waals surface area contributed by atoms with Crippen molar-refractivity contribution in [3.63, 3.8) is 0 Å². The quantitative estimate of drug-likeness (QED) is 0.577. The van der Waals surface area contributed by atoms with Crippen LogP contribution in [0, 0.1) is 0 Å². The third kappa shape index (κ3) is 5.61. The van der Waals surface area contributed by atoms with Crippen LogP contribution in [-0.4, -0.2) is 33.6 Å². The molecular formula is C17H28O3. The fraction of sp³-hybridized carbons (Fsp3) is 0.647. The van der Waals surface area contributed by atoms with Crippen LogP contribution in [0.25, 0.3) is 0 Å². The average molecular weight is 280 g/mol. The molecule has 0 heterocycles. The van der Waals surface area contributed by atoms with Crippen molar-refractivity contribution in [1.82, 2.24) is 0 Å². The van der Waals surface area contributed by atoms with Crippen molar-refractivity contribution in [3.05, 3.63) is 35.9 Å². The largest absolute Gasteiger partial charge is 0.394 e. The van der Waals surface area contributed by atoms with Crippen LogP contribution < -0.4 is 0 Å². The standard InChI is InChI=1S/C17H28O3/c1-2-3-4-8-12-17(20,16(19)14-18)13-11-15-9-6-5-7-10-15/h5-7,9-10,16,18-20H,2-4,8,11-14H2,1H3. The van der Waals surface area contributed by atoms with Crippen LogP contribution in [0.1, 0.15) is 51.0 Å². The van der Waals surface area contributed by atoms with Crippen molar-refractivity contribution in [1.29, 1.82) is 0 Å². The van der Waals surface area contributed by atoms with Crippen LogP contribution in [0.4, 0.5) is 0 Å². The molecule has 3 nitrogen and oxygen atoms in total. The van der Waals surface area contributed by atoms with E-state index in [2.05, 4.69) is 6.92 Å². The molecule has 1 aromatic carbocycles. The molecule has 1 aromatic rings. The van der Waals surface area contributed by atoms with Crippen LogP contribution in [0.5, 0.6) is 0 Å². The number of hydrogen-bond acceptors (Lipinski definition) is 3. The normalized spacial score (nSPS) is 15.8. The van der Waals surface area contributed by atoms with Crippen LogP contribution in [0.3, 0.4) is 0 Å². The van der Waals surface area contributed by atoms with E-state index in [0.717, 1.165) is 31.2 Å². The van der Waals surface area contributed by atoms with Gasteiger partial charge in [-0.15, -0.1) is 0 Å². The summed E-state index contributed by atoms with van der Waals surface area (Å²) >= 11 is 0. The fourth-order valence-electron chi connectivity index (χ4n) is 2.49. The molecule has 0 aliphatic heterocycles. The van der Waals surface area contributed by atoms with Crippen LogP contribution in [0.15, 0.2) is 30.3 Å². The maximum Gasteiger partial charge on any atom is 0.106 e. The number of rotatable bonds is 10. The zero-order valence-electron chi connectivity index (χ0n) is 12.5. The Kier molecular flexibility index (Phi) is 7.82. The van der Waals surface area contributed by atoms with E-state index in [-0.39, 0.29) is 6.61 Å². The van der Waals surface area contributed by atoms with Gasteiger partial charge < -0.3 is 15.3 Å². The predicted octanol–water partition coefficient (Wildman–Crippen LogP) is 2.67. The molecule has 0 saturated heterocycles. The molecule has 0 radical (unpaired) electrons. The maximum atomic E-state index is 10.6. The summed E-state index contributed by atoms with van der Waals surface area (Å²) in [4.78, 5) is 0. The smallest absolute Gasteiger partial charge is 0.106 e. The third-order valence-electron chi connectivity index (χ3n) is 3.95. The molecule has 0 aliphatic rings. The first-order chi connectivity index (χ1) is 9.62. The number of aryl methyl sites for hydroxylation is 1. The van der Waals surface area contributed by atoms with Gasteiger partial charge in [-0.1, -0.05) is 62.9 Å². The van der Waals surface area contributed by atoms with Crippen LogP contribution in [0.2, 0.25) is 0 Å². The lowest BCUT2D eigenvalue weighted by Gasteiger charge is -2.32. The van der Waals surface area contributed by atoms with E-state index >= 15 is 0 Å². The third-order valence-corrected chi connectivity index (χ3v) is 3.95. The minimum atomic E-state index is -1.18. The van der Waals surface area contributed by atoms with Gasteiger partial charge in [-0.25, -0.2) is 0 Å². The van der Waals surface area contributed by atoms with Crippen molar-refractivity contribution in [2.24, 2.45) is 0 Å². The molecule has 3 N–H and O–H groups in total. The number of aliphatic hydroxyl groups is 3. The molecule has 3 heteroatoms. The van der Waals surface area contributed by atoms with Gasteiger partial charge in [0.15, 0.2) is 0 Å². The Morgan fingerprint density at radius 2 is 1.75 bits per heavy atom. The van der Waals surface area contributed by atoms with E-state index < -0.39 is 11.7 Å². The number of aliphatic hydroxyl groups excluding tert-OH is 2. The minimum Gasteiger partial charge on any atom is -0.394 e. The van der Waals surface area contributed by atoms with E-state index in [9.17, 15) is 10.2 Å². The van der Waals surface area contributed by atoms with Gasteiger partial charge in [0.05, 0.1) is 12.2 Å². The van der Waals surface area contributed by atoms with Gasteiger partial charge in [-0.3, -0.25) is 0 Å². The monoisotopic (exact) mass is 280 g/mol. The van der Waals surface area contributed by atoms with E-state index in [1.807, 2.05) is 30.3 Å². The SMILES string of the molecule is CCCCCCC(O)(CCc1ccccc1)C(O)CO. The Morgan fingerprint density at radius 3 is 2.35 bits per heavy atom. The summed E-state index contributed by atoms with van der Waals surface area (Å²) in [6.45, 7) is 1.75. The Labute approximate surface area is 122 Å². The van der Waals surface area contributed by atoms with Gasteiger partial charge in [-0.05, 0) is 24.8 Å². The molecule has 0 bridgehead atoms. The molecule has 0 aromatic heterocycles. The van der Waals surface area contributed by atoms with E-state index in [1.54, 1.807) is 0 Å². The summed E-state index contributed by atoms with van der Waals surface area (Å²) in [7, 11) is 0. The summed E-state index contributed by atoms with van der Waals surface area (Å²) in [5.74, 6) is 0. The molecule has 0 aliphatic carbocycles. The summed E-state index contributed by atoms with van der Waals surface area (Å²) in [5.41, 5.74) is -0.0390. The highest BCUT2D eigenvalue weighted by Gasteiger charge is 2.34. The lowest BCUT2D eigenvalue weighted by Crippen LogP contribution is -2.45. The first-order valence-electron chi connectivity index (χ1n) is 7.67. The highest BCUT2D eigenvalue weighted by atomic mass is 16.4. The van der Waals surface area contributed by atoms with E-state index in [1.165, 1.54) is 0 Å². The van der Waals surface area contributed by atoms with Gasteiger partial charge in [-0.2, -0.15) is 0 Å². The molecule has 20 heavy (non-hydrogen) atoms. The molecule has 0 saturated carbocycles. The molecule has 0 amide bonds. The highest BCUT2D eigenvalue weighted by Crippen LogP contribution is 2.25. The first-order valence-corrected chi connectivity index (χ1v) is 7.67. The van der Waals surface area contributed by atoms with E-state index in [0.29, 0.717) is 19.3 Å². The van der Waals surface area contributed by atoms with Gasteiger partial charge in [0.1, 0.15) is 6.10 Å². The number of benzene rings is 1. The molecule has 0 spiro atoms. The molecule has 2 unspecified atom stereocenters. The topological polar surface area (TPSA) is 60.7 Å². The van der Waals surface area contributed by atoms with Crippen LogP contribution >= 0.6 is 0 Å². The summed E-state index contributed by atoms with van der Waals surface area (Å²) < 4.78 is 0. The van der Waals surface area contributed by atoms with Crippen LogP contribution in [-0.2, 0) is 6.42 Å². The molecule has 1 rings (SSSR count). The second-order valence-electron chi connectivity index (χ2n) is 5.60. The Bertz CT molecular complexity index is 353. The van der Waals surface area contributed by atoms with Crippen molar-refractivity contribution >= 4 is 0 Å². The van der Waals surface area contributed by atoms with Crippen molar-refractivity contribution in [2.45, 2.75) is 63.6 Å². The van der Waals surface area contributed by atoms with Crippen molar-refractivity contribution < 1.29 is 15.3 Å². The Balaban J connectivity index is 2.54. The average Bonchev–Trinajstić information content (AvgIpc) is 2.50. The Morgan fingerprint density at radius 1 is 1.05 bits per heavy atom. The molecule has 2 atom stereocenters. The zero-order chi connectivity index (χ0) is 14.8. The summed E-state index contributed by atoms with van der Waals surface area (Å²) in [5, 5.41) is 29.7. The molecular weight excluding hydrogens is 252 g/mol. The maximum absolute atomic E-state index is 10.6. The Hall–Kier alpha value is -0.900. The zero-order valence-corrected chi connectivity index (χ0v) is 12.5. The van der Waals surface area contributed by atoms with Crippen molar-refractivity contribution in [2.75, 3.05) is 6.61 Å². The van der Waals surface area contributed by atoms with Gasteiger partial charge >= 0.3 is 0 Å². The second-order valence-corrected chi connectivity index (χ2v) is 5.60. The lowest BCUT2D eigenvalue weighted by atomic mass is 9.85. The molecule has 0 fully saturated rings. The second kappa shape index (κ2) is 9.11. The predicted molar refractivity (Wildman–Crippen MR) is 81.6 cm³/mol. The minimum absolute atomic E-state index is 0.390. The summed E-state index contributed by atoms with van der Waals surface area (Å²) in [6, 6.07) is 9.94. The van der Waals surface area contributed by atoms with Gasteiger partial charge in [0.25, 0.3) is 0 Å². The number of hydrogen-bond donors (Lipinski definition) is 3. The lowest BCUT2D eigenvalue weighted by molar-refractivity contribution is -0.105. The first kappa shape index (κ1) is 17.2. The highest BCUT2D eigenvalue weighted by molar-refractivity contribution is 5.15. The fourth-order valence-corrected chi connectivity index (χ4v) is 2.49. The van der Waals surface area contributed by atoms with E-state index in [4.69, 9.17) is 5.11 Å². The van der Waals surface area contributed by atoms with Crippen molar-refractivity contribution in [3.8, 4) is 0 Å².